The van der Waals surface area contributed by atoms with Gasteiger partial charge in [-0.2, -0.15) is 35.3 Å². The molecule has 3 aliphatic heterocycles. The number of aromatic nitrogens is 2. The lowest BCUT2D eigenvalue weighted by Gasteiger charge is -2.30. The molecular formula is C89H123N21O17S3. The van der Waals surface area contributed by atoms with Gasteiger partial charge in [0.25, 0.3) is 0 Å². The third-order valence-electron chi connectivity index (χ3n) is 22.8. The average Bonchev–Trinajstić information content (AvgIpc) is 1.66. The number of amides is 17. The van der Waals surface area contributed by atoms with Gasteiger partial charge in [-0.15, -0.1) is 0 Å². The van der Waals surface area contributed by atoms with Crippen LogP contribution in [0.15, 0.2) is 116 Å². The Bertz CT molecular complexity index is 4890. The summed E-state index contributed by atoms with van der Waals surface area (Å²) < 4.78 is 0. The third-order valence-corrected chi connectivity index (χ3v) is 25.6. The Labute approximate surface area is 766 Å². The fourth-order valence-electron chi connectivity index (χ4n) is 15.6. The lowest BCUT2D eigenvalue weighted by molar-refractivity contribution is -0.142. The smallest absolute Gasteiger partial charge is 0.315 e. The van der Waals surface area contributed by atoms with Gasteiger partial charge < -0.3 is 117 Å². The van der Waals surface area contributed by atoms with Gasteiger partial charge in [-0.25, -0.2) is 4.79 Å². The number of benzene rings is 4. The summed E-state index contributed by atoms with van der Waals surface area (Å²) in [7, 11) is 0. The van der Waals surface area contributed by atoms with Gasteiger partial charge in [0.15, 0.2) is 0 Å². The number of nitrogens with one attached hydrogen (secondary N) is 17. The van der Waals surface area contributed by atoms with Crippen LogP contribution in [0.1, 0.15) is 126 Å². The van der Waals surface area contributed by atoms with Crippen molar-refractivity contribution in [1.82, 2.24) is 94.6 Å². The van der Waals surface area contributed by atoms with Gasteiger partial charge in [0, 0.05) is 84.0 Å². The monoisotopic (exact) mass is 1850 g/mol. The maximum absolute atomic E-state index is 14.8. The third kappa shape index (κ3) is 31.7. The number of carbonyl (C=O) groups excluding carboxylic acids is 16. The van der Waals surface area contributed by atoms with Crippen molar-refractivity contribution >= 4 is 152 Å². The highest BCUT2D eigenvalue weighted by Gasteiger charge is 2.44. The molecule has 0 bridgehead atoms. The van der Waals surface area contributed by atoms with E-state index in [1.807, 2.05) is 84.6 Å². The van der Waals surface area contributed by atoms with E-state index >= 15 is 0 Å². The first-order chi connectivity index (χ1) is 62.5. The zero-order valence-electron chi connectivity index (χ0n) is 73.5. The van der Waals surface area contributed by atoms with Crippen molar-refractivity contribution in [2.24, 2.45) is 17.2 Å². The number of aromatic amines is 2. The van der Waals surface area contributed by atoms with E-state index in [1.54, 1.807) is 31.0 Å². The highest BCUT2D eigenvalue weighted by Crippen LogP contribution is 2.34. The number of nitrogens with zero attached hydrogens (tertiary/aromatic N) is 1. The molecule has 3 saturated heterocycles. The van der Waals surface area contributed by atoms with Gasteiger partial charge in [-0.3, -0.25) is 71.9 Å². The molecule has 704 valence electrons. The molecule has 41 heteroatoms. The fourth-order valence-corrected chi connectivity index (χ4v) is 18.1. The van der Waals surface area contributed by atoms with Gasteiger partial charge in [0.05, 0.1) is 37.8 Å². The van der Waals surface area contributed by atoms with E-state index in [1.165, 1.54) is 66.5 Å². The second-order valence-electron chi connectivity index (χ2n) is 32.7. The molecule has 24 N–H and O–H groups in total. The van der Waals surface area contributed by atoms with E-state index in [2.05, 4.69) is 89.7 Å². The molecular weight excluding hydrogens is 1730 g/mol. The quantitative estimate of drug-likeness (QED) is 0.0174. The maximum atomic E-state index is 14.8. The second kappa shape index (κ2) is 52.0. The van der Waals surface area contributed by atoms with Gasteiger partial charge in [-0.1, -0.05) is 85.3 Å². The number of primary amides is 1. The highest BCUT2D eigenvalue weighted by atomic mass is 32.2. The number of fused-ring (bicyclic) bond motifs is 3. The Balaban J connectivity index is 0.773. The number of likely N-dealkylation sites (tertiary alicyclic amines) is 1. The molecule has 6 aromatic rings. The van der Waals surface area contributed by atoms with E-state index in [0.29, 0.717) is 79.4 Å². The van der Waals surface area contributed by atoms with Crippen molar-refractivity contribution in [3.8, 4) is 5.75 Å². The first-order valence-electron chi connectivity index (χ1n) is 43.9. The minimum atomic E-state index is -1.46. The summed E-state index contributed by atoms with van der Waals surface area (Å²) in [5.41, 5.74) is 21.9. The summed E-state index contributed by atoms with van der Waals surface area (Å²) in [6.45, 7) is 1.62. The Kier molecular flexibility index (Phi) is 40.7. The van der Waals surface area contributed by atoms with Crippen molar-refractivity contribution < 1.29 is 81.8 Å². The molecule has 14 atom stereocenters. The van der Waals surface area contributed by atoms with Crippen LogP contribution < -0.4 is 97.0 Å². The summed E-state index contributed by atoms with van der Waals surface area (Å²) in [4.78, 5) is 228. The predicted octanol–water partition coefficient (Wildman–Crippen LogP) is -0.172. The Morgan fingerprint density at radius 3 is 1.63 bits per heavy atom. The first-order valence-corrected chi connectivity index (χ1v) is 47.8. The summed E-state index contributed by atoms with van der Waals surface area (Å²) in [6.07, 6.45) is 12.0. The normalized spacial score (nSPS) is 17.3. The average molecular weight is 1860 g/mol. The van der Waals surface area contributed by atoms with Gasteiger partial charge in [0.2, 0.25) is 88.6 Å². The Morgan fingerprint density at radius 2 is 1.02 bits per heavy atom. The van der Waals surface area contributed by atoms with Crippen LogP contribution in [0.25, 0.3) is 21.8 Å². The number of rotatable bonds is 54. The molecule has 0 aliphatic carbocycles. The maximum Gasteiger partial charge on any atom is 0.315 e. The number of thioether (sulfide) groups is 3. The summed E-state index contributed by atoms with van der Waals surface area (Å²) in [6, 6.07) is 15.9. The number of carbonyl (C=O) groups is 16. The minimum absolute atomic E-state index is 0.00252. The molecule has 0 unspecified atom stereocenters. The van der Waals surface area contributed by atoms with Crippen molar-refractivity contribution in [2.45, 2.75) is 213 Å². The number of unbranched alkanes of at least 4 members (excludes halogenated alkanes) is 3. The number of phenols is 1. The van der Waals surface area contributed by atoms with E-state index in [-0.39, 0.29) is 101 Å². The first kappa shape index (κ1) is 102. The number of hydrogen-bond donors (Lipinski definition) is 21. The van der Waals surface area contributed by atoms with Crippen molar-refractivity contribution in [1.29, 1.82) is 0 Å². The number of H-pyrrole nitrogens is 2. The van der Waals surface area contributed by atoms with Crippen molar-refractivity contribution in [2.75, 3.05) is 69.0 Å². The minimum Gasteiger partial charge on any atom is -0.508 e. The molecule has 9 rings (SSSR count). The topological polar surface area (TPSA) is 587 Å². The number of urea groups is 1. The van der Waals surface area contributed by atoms with Crippen LogP contribution in [0.5, 0.6) is 5.75 Å². The molecule has 4 aromatic carbocycles. The van der Waals surface area contributed by atoms with E-state index in [0.717, 1.165) is 51.5 Å². The largest absolute Gasteiger partial charge is 0.508 e. The van der Waals surface area contributed by atoms with E-state index < -0.39 is 169 Å². The second-order valence-corrected chi connectivity index (χ2v) is 35.9. The molecule has 3 aliphatic rings. The highest BCUT2D eigenvalue weighted by molar-refractivity contribution is 8.00. The van der Waals surface area contributed by atoms with E-state index in [9.17, 15) is 81.8 Å². The lowest BCUT2D eigenvalue weighted by atomic mass is 10.0. The summed E-state index contributed by atoms with van der Waals surface area (Å²) in [5.74, 6) is -9.46. The van der Waals surface area contributed by atoms with E-state index in [4.69, 9.17) is 17.2 Å². The molecule has 3 fully saturated rings. The van der Waals surface area contributed by atoms with Gasteiger partial charge in [-0.05, 0) is 174 Å². The molecule has 5 heterocycles. The number of para-hydroxylation sites is 2. The number of hydrogen-bond acceptors (Lipinski definition) is 22. The van der Waals surface area contributed by atoms with Crippen molar-refractivity contribution in [3.63, 3.8) is 0 Å². The number of aromatic hydroxyl groups is 1. The molecule has 2 aromatic heterocycles. The molecule has 38 nitrogen and oxygen atoms in total. The van der Waals surface area contributed by atoms with Crippen LogP contribution in [-0.4, -0.2) is 267 Å². The van der Waals surface area contributed by atoms with Crippen molar-refractivity contribution in [3.05, 3.63) is 138 Å². The Morgan fingerprint density at radius 1 is 0.500 bits per heavy atom. The zero-order chi connectivity index (χ0) is 93.8. The van der Waals surface area contributed by atoms with Crippen LogP contribution in [0.4, 0.5) is 4.79 Å². The SMILES string of the molecule is CSCC[C@H](NC(=O)[C@H](C)NC(=O)[C@H](Cc1c[nH]c2ccccc12)NC(=O)[C@@H]1CCCN1C(=O)[C@H](C)NC(=O)[C@H](Cc1c[nH]c2ccccc12)NC(=O)[C@@H](N)Cc1ccccc1)C(=O)N[C@@H](CCSC)C(=O)N[C@@H](Cc1ccc(O)cc1)C(=O)N[C@@H](CCCCN)C(=O)NCC(=O)NCC(=O)NCC(=O)N[C@@H](CCCCNC(=O)CCCC[C@@H]1SC[C@@H]2NC(=O)N[C@@H]21)C(N)=O. The van der Waals surface area contributed by atoms with Crippen LogP contribution in [0.3, 0.4) is 0 Å². The number of phenolic OH excluding ortho intramolecular Hbond substituents is 1. The lowest BCUT2D eigenvalue weighted by Crippen LogP contribution is -2.60. The fraction of sp³-hybridized carbons (Fsp3) is 0.506. The van der Waals surface area contributed by atoms with Crippen LogP contribution in [-0.2, 0) is 97.6 Å². The molecule has 0 saturated carbocycles. The molecule has 0 spiro atoms. The predicted molar refractivity (Wildman–Crippen MR) is 495 cm³/mol. The standard InChI is InChI=1S/C89H123N21O17S3/c1-51(99-84(122)69(44-56-46-95-62-24-11-9-22-59(56)62)107-87(125)71-27-18-38-110(71)88(126)52(2)100-85(123)68(43-55-45-94-61-23-10-8-21-58(55)61)105-80(118)60(91)41-53-19-6-5-7-20-53)79(117)102-65(34-39-128-3)82(120)104-66(35-40-129-4)83(121)106-67(42-54-30-32-57(111)33-31-54)86(124)103-64(26-14-16-36-90)81(119)98-48-75(114)96-47-74(113)97-49-76(115)101-63(78(92)116)25-15-17-37-93-73(112)29-13-12-28-72-77-70(50-130-72)108-89(127)109-77/h5-11,19-24,30-33,45-46,51-52,60,63-72,77,94-95,111H,12-18,25-29,34-44,47-50,90-91H2,1-4H3,(H2,92,116)(H,93,112)(H,96,114)(H,97,113)(H,98,119)(H,99,122)(H,100,123)(H,101,115)(H,102,117)(H,103,124)(H,104,120)(H,105,118)(H,106,121)(H,107,125)(H2,108,109,127)/t51-,52-,60-,63-,64-,65-,66-,67-,68-,69-,70-,71-,72-,77-/m0/s1. The van der Waals surface area contributed by atoms with Crippen LogP contribution in [0.2, 0.25) is 0 Å². The van der Waals surface area contributed by atoms with Gasteiger partial charge in [0.1, 0.15) is 66.2 Å². The van der Waals surface area contributed by atoms with Crippen LogP contribution >= 0.6 is 35.3 Å². The molecule has 17 amide bonds. The summed E-state index contributed by atoms with van der Waals surface area (Å²) in [5, 5.41) is 52.5. The Hall–Kier alpha value is -11.9. The van der Waals surface area contributed by atoms with Crippen LogP contribution in [0, 0.1) is 0 Å². The summed E-state index contributed by atoms with van der Waals surface area (Å²) >= 11 is 4.52. The van der Waals surface area contributed by atoms with Gasteiger partial charge >= 0.3 is 6.03 Å². The zero-order valence-corrected chi connectivity index (χ0v) is 76.0. The molecule has 130 heavy (non-hydrogen) atoms. The number of nitrogens with two attached hydrogens (primary N) is 3. The molecule has 0 radical (unpaired) electrons.